The number of anilines is 1. The van der Waals surface area contributed by atoms with Crippen LogP contribution in [0.3, 0.4) is 0 Å². The second-order valence-corrected chi connectivity index (χ2v) is 3.94. The molecule has 0 aliphatic heterocycles. The van der Waals surface area contributed by atoms with Crippen molar-refractivity contribution in [3.8, 4) is 22.6 Å². The van der Waals surface area contributed by atoms with Crippen LogP contribution in [0.15, 0.2) is 52.0 Å². The molecule has 6 nitrogen and oxygen atoms in total. The number of nitrogens with zero attached hydrogens (tertiary/aromatic N) is 2. The van der Waals surface area contributed by atoms with E-state index in [1.54, 1.807) is 30.6 Å². The van der Waals surface area contributed by atoms with Gasteiger partial charge in [0.05, 0.1) is 11.3 Å². The van der Waals surface area contributed by atoms with Gasteiger partial charge in [-0.15, -0.1) is 0 Å². The molecule has 0 aromatic carbocycles. The van der Waals surface area contributed by atoms with Crippen molar-refractivity contribution in [3.05, 3.63) is 53.1 Å². The summed E-state index contributed by atoms with van der Waals surface area (Å²) in [5, 5.41) is 3.75. The van der Waals surface area contributed by atoms with Crippen molar-refractivity contribution in [1.82, 2.24) is 15.1 Å². The fraction of sp³-hybridized carbons (Fsp3) is 0. The Hall–Kier alpha value is -2.89. The van der Waals surface area contributed by atoms with Gasteiger partial charge in [0.2, 0.25) is 5.56 Å². The molecule has 3 aromatic rings. The average molecular weight is 254 g/mol. The van der Waals surface area contributed by atoms with Gasteiger partial charge in [0.15, 0.2) is 11.6 Å². The number of pyridine rings is 2. The minimum absolute atomic E-state index is 0.218. The standard InChI is InChI=1S/C13H10N4O2/c14-13-11(8-3-2-6-15-7-8)12(19-17-13)9-4-1-5-10(18)16-9/h1-7H,(H2,14,17)(H,16,18). The SMILES string of the molecule is Nc1noc(-c2cccc(=O)[nH]2)c1-c1cccnc1. The highest BCUT2D eigenvalue weighted by atomic mass is 16.5. The van der Waals surface area contributed by atoms with E-state index < -0.39 is 0 Å². The summed E-state index contributed by atoms with van der Waals surface area (Å²) >= 11 is 0. The smallest absolute Gasteiger partial charge is 0.248 e. The van der Waals surface area contributed by atoms with Gasteiger partial charge >= 0.3 is 0 Å². The first kappa shape index (κ1) is 11.2. The lowest BCUT2D eigenvalue weighted by atomic mass is 10.1. The lowest BCUT2D eigenvalue weighted by molar-refractivity contribution is 0.434. The van der Waals surface area contributed by atoms with Crippen molar-refractivity contribution < 1.29 is 4.52 Å². The second-order valence-electron chi connectivity index (χ2n) is 3.94. The van der Waals surface area contributed by atoms with Gasteiger partial charge in [-0.2, -0.15) is 0 Å². The summed E-state index contributed by atoms with van der Waals surface area (Å²) in [5.74, 6) is 0.677. The summed E-state index contributed by atoms with van der Waals surface area (Å²) in [7, 11) is 0. The van der Waals surface area contributed by atoms with Crippen LogP contribution in [-0.4, -0.2) is 15.1 Å². The number of rotatable bonds is 2. The van der Waals surface area contributed by atoms with E-state index in [2.05, 4.69) is 15.1 Å². The van der Waals surface area contributed by atoms with Gasteiger partial charge in [0.25, 0.3) is 0 Å². The first-order valence-corrected chi connectivity index (χ1v) is 5.61. The number of nitrogens with one attached hydrogen (secondary N) is 1. The van der Waals surface area contributed by atoms with E-state index in [9.17, 15) is 4.79 Å². The van der Waals surface area contributed by atoms with Crippen LogP contribution >= 0.6 is 0 Å². The van der Waals surface area contributed by atoms with E-state index in [4.69, 9.17) is 10.3 Å². The van der Waals surface area contributed by atoms with Crippen molar-refractivity contribution in [2.45, 2.75) is 0 Å². The Balaban J connectivity index is 2.22. The van der Waals surface area contributed by atoms with Crippen LogP contribution in [0.2, 0.25) is 0 Å². The zero-order valence-corrected chi connectivity index (χ0v) is 9.83. The Morgan fingerprint density at radius 3 is 2.84 bits per heavy atom. The van der Waals surface area contributed by atoms with Crippen LogP contribution in [0.4, 0.5) is 5.82 Å². The third-order valence-corrected chi connectivity index (χ3v) is 2.68. The van der Waals surface area contributed by atoms with Crippen LogP contribution in [0.5, 0.6) is 0 Å². The highest BCUT2D eigenvalue weighted by molar-refractivity contribution is 5.84. The molecule has 0 spiro atoms. The number of nitrogens with two attached hydrogens (primary N) is 1. The lowest BCUT2D eigenvalue weighted by Crippen LogP contribution is -2.03. The van der Waals surface area contributed by atoms with Crippen LogP contribution in [0, 0.1) is 0 Å². The van der Waals surface area contributed by atoms with Crippen molar-refractivity contribution in [2.24, 2.45) is 0 Å². The maximum Gasteiger partial charge on any atom is 0.248 e. The predicted molar refractivity (Wildman–Crippen MR) is 70.2 cm³/mol. The van der Waals surface area contributed by atoms with Gasteiger partial charge in [-0.25, -0.2) is 0 Å². The monoisotopic (exact) mass is 254 g/mol. The van der Waals surface area contributed by atoms with Gasteiger partial charge in [-0.3, -0.25) is 9.78 Å². The first-order chi connectivity index (χ1) is 9.25. The van der Waals surface area contributed by atoms with Crippen molar-refractivity contribution >= 4 is 5.82 Å². The number of hydrogen-bond donors (Lipinski definition) is 2. The average Bonchev–Trinajstić information content (AvgIpc) is 2.82. The number of nitrogen functional groups attached to an aromatic ring is 1. The summed E-state index contributed by atoms with van der Waals surface area (Å²) < 4.78 is 5.22. The van der Waals surface area contributed by atoms with E-state index in [1.165, 1.54) is 6.07 Å². The Bertz CT molecular complexity index is 762. The normalized spacial score (nSPS) is 10.5. The summed E-state index contributed by atoms with van der Waals surface area (Å²) in [5.41, 5.74) is 7.53. The summed E-state index contributed by atoms with van der Waals surface area (Å²) in [6, 6.07) is 8.42. The molecule has 0 unspecified atom stereocenters. The van der Waals surface area contributed by atoms with Gasteiger partial charge in [-0.05, 0) is 12.1 Å². The number of aromatic amines is 1. The predicted octanol–water partition coefficient (Wildman–Crippen LogP) is 1.67. The van der Waals surface area contributed by atoms with Gasteiger partial charge < -0.3 is 15.2 Å². The van der Waals surface area contributed by atoms with E-state index in [-0.39, 0.29) is 11.4 Å². The van der Waals surface area contributed by atoms with Crippen molar-refractivity contribution in [1.29, 1.82) is 0 Å². The number of hydrogen-bond acceptors (Lipinski definition) is 5. The molecule has 94 valence electrons. The minimum atomic E-state index is -0.218. The molecule has 0 bridgehead atoms. The highest BCUT2D eigenvalue weighted by Gasteiger charge is 2.18. The number of H-pyrrole nitrogens is 1. The summed E-state index contributed by atoms with van der Waals surface area (Å²) in [6.45, 7) is 0. The third kappa shape index (κ3) is 1.99. The molecule has 0 saturated heterocycles. The maximum absolute atomic E-state index is 11.4. The zero-order chi connectivity index (χ0) is 13.2. The molecule has 0 aliphatic carbocycles. The van der Waals surface area contributed by atoms with Crippen molar-refractivity contribution in [2.75, 3.05) is 5.73 Å². The molecule has 0 saturated carbocycles. The van der Waals surface area contributed by atoms with E-state index in [0.717, 1.165) is 5.56 Å². The fourth-order valence-electron chi connectivity index (χ4n) is 1.86. The molecule has 0 radical (unpaired) electrons. The largest absolute Gasteiger partial charge is 0.380 e. The molecule has 6 heteroatoms. The van der Waals surface area contributed by atoms with Crippen LogP contribution in [0.25, 0.3) is 22.6 Å². The molecular formula is C13H10N4O2. The summed E-state index contributed by atoms with van der Waals surface area (Å²) in [6.07, 6.45) is 3.32. The van der Waals surface area contributed by atoms with Gasteiger partial charge in [0.1, 0.15) is 0 Å². The maximum atomic E-state index is 11.4. The van der Waals surface area contributed by atoms with Crippen LogP contribution < -0.4 is 11.3 Å². The van der Waals surface area contributed by atoms with Crippen molar-refractivity contribution in [3.63, 3.8) is 0 Å². The molecule has 19 heavy (non-hydrogen) atoms. The molecule has 3 N–H and O–H groups in total. The molecule has 0 aliphatic rings. The van der Waals surface area contributed by atoms with Crippen LogP contribution in [0.1, 0.15) is 0 Å². The van der Waals surface area contributed by atoms with Crippen LogP contribution in [-0.2, 0) is 0 Å². The molecule has 3 heterocycles. The zero-order valence-electron chi connectivity index (χ0n) is 9.83. The molecule has 3 aromatic heterocycles. The Labute approximate surface area is 107 Å². The topological polar surface area (TPSA) is 97.8 Å². The second kappa shape index (κ2) is 4.41. The number of aromatic nitrogens is 3. The summed E-state index contributed by atoms with van der Waals surface area (Å²) in [4.78, 5) is 18.1. The minimum Gasteiger partial charge on any atom is -0.380 e. The Morgan fingerprint density at radius 2 is 2.11 bits per heavy atom. The van der Waals surface area contributed by atoms with Gasteiger partial charge in [0, 0.05) is 24.0 Å². The molecule has 3 rings (SSSR count). The fourth-order valence-corrected chi connectivity index (χ4v) is 1.86. The Kier molecular flexibility index (Phi) is 2.60. The lowest BCUT2D eigenvalue weighted by Gasteiger charge is -2.01. The van der Waals surface area contributed by atoms with Gasteiger partial charge in [-0.1, -0.05) is 17.3 Å². The molecule has 0 fully saturated rings. The highest BCUT2D eigenvalue weighted by Crippen LogP contribution is 2.34. The van der Waals surface area contributed by atoms with E-state index in [1.807, 2.05) is 6.07 Å². The van der Waals surface area contributed by atoms with E-state index in [0.29, 0.717) is 17.0 Å². The molecule has 0 amide bonds. The van der Waals surface area contributed by atoms with E-state index >= 15 is 0 Å². The first-order valence-electron chi connectivity index (χ1n) is 5.61. The third-order valence-electron chi connectivity index (χ3n) is 2.68. The quantitative estimate of drug-likeness (QED) is 0.725. The Morgan fingerprint density at radius 1 is 1.21 bits per heavy atom. The molecular weight excluding hydrogens is 244 g/mol. The molecule has 0 atom stereocenters.